The van der Waals surface area contributed by atoms with Gasteiger partial charge in [0, 0.05) is 50.8 Å². The molecule has 3 aliphatic carbocycles. The van der Waals surface area contributed by atoms with Crippen LogP contribution >= 0.6 is 0 Å². The monoisotopic (exact) mass is 1100 g/mol. The summed E-state index contributed by atoms with van der Waals surface area (Å²) in [6.45, 7) is 41.9. The Bertz CT molecular complexity index is 4030. The second-order valence-corrected chi connectivity index (χ2v) is 32.0. The van der Waals surface area contributed by atoms with Gasteiger partial charge >= 0.3 is 0 Å². The third kappa shape index (κ3) is 8.03. The number of rotatable bonds is 5. The Labute approximate surface area is 505 Å². The van der Waals surface area contributed by atoms with E-state index in [2.05, 4.69) is 284 Å². The van der Waals surface area contributed by atoms with E-state index in [0.717, 1.165) is 25.7 Å². The first-order valence-electron chi connectivity index (χ1n) is 32.0. The van der Waals surface area contributed by atoms with Crippen LogP contribution in [0.5, 0.6) is 0 Å². The Balaban J connectivity index is 1.15. The first-order chi connectivity index (χ1) is 39.5. The summed E-state index contributed by atoms with van der Waals surface area (Å²) >= 11 is 0. The van der Waals surface area contributed by atoms with Gasteiger partial charge < -0.3 is 14.7 Å². The zero-order valence-corrected chi connectivity index (χ0v) is 53.8. The van der Waals surface area contributed by atoms with Crippen molar-refractivity contribution in [3.63, 3.8) is 0 Å². The Morgan fingerprint density at radius 1 is 0.393 bits per heavy atom. The topological polar surface area (TPSA) is 9.72 Å². The number of fused-ring (bicyclic) bond motifs is 9. The van der Waals surface area contributed by atoms with Crippen molar-refractivity contribution >= 4 is 68.6 Å². The maximum atomic E-state index is 2.87. The van der Waals surface area contributed by atoms with Crippen LogP contribution in [0.3, 0.4) is 0 Å². The minimum Gasteiger partial charge on any atom is -0.334 e. The van der Waals surface area contributed by atoms with Gasteiger partial charge in [-0.3, -0.25) is 0 Å². The van der Waals surface area contributed by atoms with E-state index in [9.17, 15) is 0 Å². The molecule has 0 saturated heterocycles. The Hall–Kier alpha value is -6.78. The molecular weight excluding hydrogens is 1010 g/mol. The molecule has 0 aromatic heterocycles. The summed E-state index contributed by atoms with van der Waals surface area (Å²) in [5.74, 6) is 0. The highest BCUT2D eigenvalue weighted by atomic mass is 15.3. The van der Waals surface area contributed by atoms with E-state index in [1.54, 1.807) is 0 Å². The normalized spacial score (nSPS) is 21.9. The van der Waals surface area contributed by atoms with Crippen LogP contribution in [0.25, 0.3) is 22.3 Å². The molecular formula is C80H90BN3. The second kappa shape index (κ2) is 18.1. The molecule has 1 saturated carbocycles. The number of hydrogen-bond acceptors (Lipinski definition) is 3. The van der Waals surface area contributed by atoms with Gasteiger partial charge in [-0.1, -0.05) is 214 Å². The molecule has 8 aromatic rings. The van der Waals surface area contributed by atoms with Crippen LogP contribution in [-0.2, 0) is 37.9 Å². The summed E-state index contributed by atoms with van der Waals surface area (Å²) in [5.41, 5.74) is 30.7. The molecule has 4 heteroatoms. The van der Waals surface area contributed by atoms with Crippen LogP contribution in [0.4, 0.5) is 45.5 Å². The minimum absolute atomic E-state index is 0.00155. The van der Waals surface area contributed by atoms with Gasteiger partial charge in [0.15, 0.2) is 0 Å². The Morgan fingerprint density at radius 2 is 0.905 bits per heavy atom. The summed E-state index contributed by atoms with van der Waals surface area (Å²) in [4.78, 5) is 8.42. The van der Waals surface area contributed by atoms with Gasteiger partial charge in [0.05, 0.1) is 11.2 Å². The predicted molar refractivity (Wildman–Crippen MR) is 362 cm³/mol. The molecule has 14 rings (SSSR count). The third-order valence-electron chi connectivity index (χ3n) is 22.5. The largest absolute Gasteiger partial charge is 0.334 e. The molecule has 84 heavy (non-hydrogen) atoms. The van der Waals surface area contributed by atoms with Crippen molar-refractivity contribution < 1.29 is 0 Å². The average Bonchev–Trinajstić information content (AvgIpc) is 2.82. The smallest absolute Gasteiger partial charge is 0.252 e. The summed E-state index contributed by atoms with van der Waals surface area (Å²) in [7, 11) is 0. The lowest BCUT2D eigenvalue weighted by molar-refractivity contribution is 0.195. The van der Waals surface area contributed by atoms with Crippen molar-refractivity contribution in [3.05, 3.63) is 196 Å². The highest BCUT2D eigenvalue weighted by Crippen LogP contribution is 2.63. The molecule has 0 bridgehead atoms. The third-order valence-corrected chi connectivity index (χ3v) is 22.5. The highest BCUT2D eigenvalue weighted by molar-refractivity contribution is 7.00. The fourth-order valence-corrected chi connectivity index (χ4v) is 17.5. The van der Waals surface area contributed by atoms with E-state index in [1.165, 1.54) is 148 Å². The first kappa shape index (κ1) is 55.1. The SMILES string of the molecule is Cc1cc2c(cc1N1c3ccc(C(C)(C)C)cc3B3c4cc5c(cc4N(c4ccc(C(C)(C)C)cc4-c4ccccc4)c4cc(N6c7ccc(-c8ccccc8)cc7C7(C)CCCCC67C)cc1c43)C(C)(C)CC5(C)C)C(C)(C)CCC2(C)C. The molecule has 8 aromatic carbocycles. The summed E-state index contributed by atoms with van der Waals surface area (Å²) in [6, 6.07) is 61.0. The van der Waals surface area contributed by atoms with Crippen LogP contribution in [0.1, 0.15) is 200 Å². The second-order valence-electron chi connectivity index (χ2n) is 32.0. The number of hydrogen-bond donors (Lipinski definition) is 0. The van der Waals surface area contributed by atoms with Crippen LogP contribution in [0, 0.1) is 6.92 Å². The zero-order chi connectivity index (χ0) is 59.2. The van der Waals surface area contributed by atoms with E-state index >= 15 is 0 Å². The number of anilines is 8. The molecule has 2 atom stereocenters. The Kier molecular flexibility index (Phi) is 11.9. The number of nitrogens with zero attached hydrogens (tertiary/aromatic N) is 3. The van der Waals surface area contributed by atoms with Gasteiger partial charge in [-0.2, -0.15) is 0 Å². The molecule has 428 valence electrons. The summed E-state index contributed by atoms with van der Waals surface area (Å²) in [6.07, 6.45) is 8.14. The minimum atomic E-state index is -0.197. The average molecular weight is 1100 g/mol. The predicted octanol–water partition coefficient (Wildman–Crippen LogP) is 20.1. The number of aryl methyl sites for hydroxylation is 1. The summed E-state index contributed by atoms with van der Waals surface area (Å²) in [5, 5.41) is 0. The standard InChI is InChI=1S/C80H90BN3/c1-50-40-58-60(76(10,11)39-38-75(58,8)9)47-68(50)83-67-35-32-55(74(5,6)7)43-63(67)81-64-46-59-61(78(14,15)49-77(59,12)13)48-69(64)82(65-34-31-54(73(2,3)4)42-57(65)52-28-22-19-23-29-52)70-44-56(45-71(83)72(70)81)84-66-33-30-53(51-26-20-18-21-27-51)41-62(66)79(16)36-24-25-37-80(79,84)17/h18-23,26-35,40-48H,24-25,36-39,49H2,1-17H3. The first-order valence-corrected chi connectivity index (χ1v) is 32.0. The van der Waals surface area contributed by atoms with E-state index in [1.807, 2.05) is 0 Å². The molecule has 3 nitrogen and oxygen atoms in total. The summed E-state index contributed by atoms with van der Waals surface area (Å²) < 4.78 is 0. The van der Waals surface area contributed by atoms with Crippen LogP contribution < -0.4 is 31.1 Å². The van der Waals surface area contributed by atoms with Gasteiger partial charge in [0.2, 0.25) is 0 Å². The van der Waals surface area contributed by atoms with Crippen LogP contribution in [0.2, 0.25) is 0 Å². The molecule has 0 radical (unpaired) electrons. The van der Waals surface area contributed by atoms with E-state index < -0.39 is 0 Å². The zero-order valence-electron chi connectivity index (χ0n) is 53.8. The maximum Gasteiger partial charge on any atom is 0.252 e. The molecule has 1 fully saturated rings. The highest BCUT2D eigenvalue weighted by Gasteiger charge is 2.59. The molecule has 0 amide bonds. The molecule has 0 spiro atoms. The van der Waals surface area contributed by atoms with Crippen molar-refractivity contribution in [2.45, 2.75) is 206 Å². The van der Waals surface area contributed by atoms with Crippen molar-refractivity contribution in [3.8, 4) is 22.3 Å². The molecule has 6 aliphatic rings. The van der Waals surface area contributed by atoms with E-state index in [4.69, 9.17) is 0 Å². The quantitative estimate of drug-likeness (QED) is 0.159. The molecule has 3 aliphatic heterocycles. The maximum absolute atomic E-state index is 2.87. The van der Waals surface area contributed by atoms with Crippen molar-refractivity contribution in [1.82, 2.24) is 0 Å². The van der Waals surface area contributed by atoms with Gasteiger partial charge in [0.25, 0.3) is 6.71 Å². The lowest BCUT2D eigenvalue weighted by Crippen LogP contribution is -2.62. The lowest BCUT2D eigenvalue weighted by atomic mass is 9.33. The van der Waals surface area contributed by atoms with Crippen molar-refractivity contribution in [2.75, 3.05) is 14.7 Å². The van der Waals surface area contributed by atoms with E-state index in [0.29, 0.717) is 0 Å². The van der Waals surface area contributed by atoms with Gasteiger partial charge in [-0.25, -0.2) is 0 Å². The van der Waals surface area contributed by atoms with Crippen molar-refractivity contribution in [2.24, 2.45) is 0 Å². The van der Waals surface area contributed by atoms with Gasteiger partial charge in [0.1, 0.15) is 0 Å². The molecule has 0 N–H and O–H groups in total. The number of benzene rings is 8. The van der Waals surface area contributed by atoms with Crippen LogP contribution in [-0.4, -0.2) is 12.3 Å². The van der Waals surface area contributed by atoms with Gasteiger partial charge in [-0.15, -0.1) is 0 Å². The molecule has 2 unspecified atom stereocenters. The Morgan fingerprint density at radius 3 is 1.54 bits per heavy atom. The van der Waals surface area contributed by atoms with Gasteiger partial charge in [-0.05, 0) is 211 Å². The van der Waals surface area contributed by atoms with Crippen LogP contribution in [0.15, 0.2) is 152 Å². The fourth-order valence-electron chi connectivity index (χ4n) is 17.5. The van der Waals surface area contributed by atoms with E-state index in [-0.39, 0.29) is 50.2 Å². The lowest BCUT2D eigenvalue weighted by Gasteiger charge is -2.51. The molecule has 3 heterocycles. The van der Waals surface area contributed by atoms with Crippen molar-refractivity contribution in [1.29, 1.82) is 0 Å². The fraction of sp³-hybridized carbons (Fsp3) is 0.400.